The van der Waals surface area contributed by atoms with Gasteiger partial charge in [0.2, 0.25) is 0 Å². The monoisotopic (exact) mass is 262 g/mol. The van der Waals surface area contributed by atoms with Gasteiger partial charge in [-0.2, -0.15) is 0 Å². The van der Waals surface area contributed by atoms with Crippen LogP contribution in [0, 0.1) is 11.7 Å². The van der Waals surface area contributed by atoms with Crippen LogP contribution < -0.4 is 5.73 Å². The highest BCUT2D eigenvalue weighted by Crippen LogP contribution is 2.43. The van der Waals surface area contributed by atoms with E-state index in [1.54, 1.807) is 12.1 Å². The van der Waals surface area contributed by atoms with Crippen molar-refractivity contribution in [1.82, 2.24) is 4.90 Å². The van der Waals surface area contributed by atoms with Crippen LogP contribution in [0.1, 0.15) is 44.2 Å². The average molecular weight is 262 g/mol. The molecular formula is C16H23FN2. The Hall–Kier alpha value is -0.930. The molecule has 1 aromatic carbocycles. The van der Waals surface area contributed by atoms with Crippen molar-refractivity contribution in [3.8, 4) is 0 Å². The summed E-state index contributed by atoms with van der Waals surface area (Å²) in [6.07, 6.45) is 4.88. The van der Waals surface area contributed by atoms with Crippen molar-refractivity contribution in [1.29, 1.82) is 0 Å². The topological polar surface area (TPSA) is 29.3 Å². The molecule has 3 heteroatoms. The van der Waals surface area contributed by atoms with Gasteiger partial charge in [0, 0.05) is 18.6 Å². The largest absolute Gasteiger partial charge is 0.326 e. The van der Waals surface area contributed by atoms with Gasteiger partial charge in [-0.1, -0.05) is 19.1 Å². The molecule has 0 radical (unpaired) electrons. The number of likely N-dealkylation sites (tertiary alicyclic amines) is 1. The molecule has 2 nitrogen and oxygen atoms in total. The Balaban J connectivity index is 1.89. The summed E-state index contributed by atoms with van der Waals surface area (Å²) >= 11 is 0. The molecule has 19 heavy (non-hydrogen) atoms. The van der Waals surface area contributed by atoms with E-state index >= 15 is 0 Å². The van der Waals surface area contributed by atoms with Crippen molar-refractivity contribution >= 4 is 0 Å². The standard InChI is InChI=1S/C16H23FN2/c1-2-15(18)16(12-4-3-5-13(17)9-12)19-10-11-6-7-14(19)8-11/h3-5,9,11,14-16H,2,6-8,10,18H2,1H3. The molecular weight excluding hydrogens is 239 g/mol. The fraction of sp³-hybridized carbons (Fsp3) is 0.625. The Morgan fingerprint density at radius 2 is 2.26 bits per heavy atom. The van der Waals surface area contributed by atoms with Crippen molar-refractivity contribution < 1.29 is 4.39 Å². The molecule has 2 fully saturated rings. The summed E-state index contributed by atoms with van der Waals surface area (Å²) in [5.74, 6) is 0.681. The molecule has 0 amide bonds. The van der Waals surface area contributed by atoms with E-state index in [1.165, 1.54) is 25.3 Å². The first-order valence-corrected chi connectivity index (χ1v) is 7.45. The van der Waals surface area contributed by atoms with E-state index in [4.69, 9.17) is 5.73 Å². The summed E-state index contributed by atoms with van der Waals surface area (Å²) in [5, 5.41) is 0. The minimum atomic E-state index is -0.157. The van der Waals surface area contributed by atoms with Crippen LogP contribution in [0.25, 0.3) is 0 Å². The maximum Gasteiger partial charge on any atom is 0.123 e. The number of halogens is 1. The van der Waals surface area contributed by atoms with Gasteiger partial charge in [-0.3, -0.25) is 4.90 Å². The maximum atomic E-state index is 13.5. The predicted octanol–water partition coefficient (Wildman–Crippen LogP) is 3.09. The van der Waals surface area contributed by atoms with E-state index in [1.807, 2.05) is 6.07 Å². The van der Waals surface area contributed by atoms with Gasteiger partial charge < -0.3 is 5.73 Å². The minimum absolute atomic E-state index is 0.0844. The lowest BCUT2D eigenvalue weighted by molar-refractivity contribution is 0.127. The Labute approximate surface area is 114 Å². The second kappa shape index (κ2) is 5.22. The lowest BCUT2D eigenvalue weighted by Crippen LogP contribution is -2.44. The van der Waals surface area contributed by atoms with Crippen molar-refractivity contribution in [3.63, 3.8) is 0 Å². The molecule has 2 aliphatic rings. The number of fused-ring (bicyclic) bond motifs is 2. The van der Waals surface area contributed by atoms with Gasteiger partial charge in [0.15, 0.2) is 0 Å². The number of hydrogen-bond acceptors (Lipinski definition) is 2. The summed E-state index contributed by atoms with van der Waals surface area (Å²) in [4.78, 5) is 2.54. The molecule has 2 bridgehead atoms. The number of hydrogen-bond donors (Lipinski definition) is 1. The van der Waals surface area contributed by atoms with Crippen LogP contribution in [-0.4, -0.2) is 23.5 Å². The van der Waals surface area contributed by atoms with E-state index < -0.39 is 0 Å². The lowest BCUT2D eigenvalue weighted by Gasteiger charge is -2.38. The van der Waals surface area contributed by atoms with Gasteiger partial charge >= 0.3 is 0 Å². The van der Waals surface area contributed by atoms with Crippen LogP contribution in [0.3, 0.4) is 0 Å². The number of benzene rings is 1. The van der Waals surface area contributed by atoms with Crippen molar-refractivity contribution in [3.05, 3.63) is 35.6 Å². The zero-order valence-electron chi connectivity index (χ0n) is 11.6. The summed E-state index contributed by atoms with van der Waals surface area (Å²) in [7, 11) is 0. The molecule has 0 spiro atoms. The van der Waals surface area contributed by atoms with Crippen molar-refractivity contribution in [2.45, 2.75) is 50.7 Å². The summed E-state index contributed by atoms with van der Waals surface area (Å²) in [6, 6.07) is 7.91. The van der Waals surface area contributed by atoms with Crippen LogP contribution in [-0.2, 0) is 0 Å². The Morgan fingerprint density at radius 3 is 2.84 bits per heavy atom. The Bertz CT molecular complexity index is 448. The summed E-state index contributed by atoms with van der Waals surface area (Å²) < 4.78 is 13.5. The number of nitrogens with zero attached hydrogens (tertiary/aromatic N) is 1. The van der Waals surface area contributed by atoms with Crippen LogP contribution in [0.15, 0.2) is 24.3 Å². The first kappa shape index (κ1) is 13.1. The molecule has 3 rings (SSSR count). The minimum Gasteiger partial charge on any atom is -0.326 e. The van der Waals surface area contributed by atoms with Crippen molar-refractivity contribution in [2.24, 2.45) is 11.7 Å². The maximum absolute atomic E-state index is 13.5. The molecule has 1 saturated carbocycles. The zero-order valence-corrected chi connectivity index (χ0v) is 11.6. The summed E-state index contributed by atoms with van der Waals surface area (Å²) in [6.45, 7) is 3.25. The second-order valence-electron chi connectivity index (χ2n) is 6.10. The van der Waals surface area contributed by atoms with Gasteiger partial charge in [0.1, 0.15) is 5.82 Å². The second-order valence-corrected chi connectivity index (χ2v) is 6.10. The fourth-order valence-corrected chi connectivity index (χ4v) is 3.90. The molecule has 1 aliphatic heterocycles. The van der Waals surface area contributed by atoms with E-state index in [9.17, 15) is 4.39 Å². The van der Waals surface area contributed by atoms with E-state index in [0.717, 1.165) is 24.4 Å². The molecule has 104 valence electrons. The highest BCUT2D eigenvalue weighted by molar-refractivity contribution is 5.23. The highest BCUT2D eigenvalue weighted by atomic mass is 19.1. The number of rotatable bonds is 4. The van der Waals surface area contributed by atoms with Gasteiger partial charge in [-0.05, 0) is 49.3 Å². The number of nitrogens with two attached hydrogens (primary N) is 1. The third-order valence-corrected chi connectivity index (χ3v) is 4.88. The highest BCUT2D eigenvalue weighted by Gasteiger charge is 2.42. The zero-order chi connectivity index (χ0) is 13.4. The molecule has 1 heterocycles. The van der Waals surface area contributed by atoms with Gasteiger partial charge in [0.25, 0.3) is 0 Å². The fourth-order valence-electron chi connectivity index (χ4n) is 3.90. The van der Waals surface area contributed by atoms with E-state index in [2.05, 4.69) is 11.8 Å². The quantitative estimate of drug-likeness (QED) is 0.903. The Morgan fingerprint density at radius 1 is 1.42 bits per heavy atom. The van der Waals surface area contributed by atoms with Crippen LogP contribution >= 0.6 is 0 Å². The van der Waals surface area contributed by atoms with Crippen LogP contribution in [0.5, 0.6) is 0 Å². The molecule has 1 saturated heterocycles. The molecule has 0 aromatic heterocycles. The van der Waals surface area contributed by atoms with Crippen molar-refractivity contribution in [2.75, 3.05) is 6.54 Å². The smallest absolute Gasteiger partial charge is 0.123 e. The molecule has 1 aromatic rings. The molecule has 4 atom stereocenters. The first-order valence-electron chi connectivity index (χ1n) is 7.45. The summed E-state index contributed by atoms with van der Waals surface area (Å²) in [5.41, 5.74) is 7.39. The SMILES string of the molecule is CCC(N)C(c1cccc(F)c1)N1CC2CCC1C2. The normalized spacial score (nSPS) is 29.6. The van der Waals surface area contributed by atoms with Gasteiger partial charge in [-0.15, -0.1) is 0 Å². The van der Waals surface area contributed by atoms with E-state index in [-0.39, 0.29) is 17.9 Å². The van der Waals surface area contributed by atoms with E-state index in [0.29, 0.717) is 6.04 Å². The predicted molar refractivity (Wildman–Crippen MR) is 75.2 cm³/mol. The van der Waals surface area contributed by atoms with Crippen LogP contribution in [0.4, 0.5) is 4.39 Å². The van der Waals surface area contributed by atoms with Gasteiger partial charge in [-0.25, -0.2) is 4.39 Å². The first-order chi connectivity index (χ1) is 9.19. The van der Waals surface area contributed by atoms with Crippen LogP contribution in [0.2, 0.25) is 0 Å². The lowest BCUT2D eigenvalue weighted by atomic mass is 9.94. The average Bonchev–Trinajstić information content (AvgIpc) is 3.01. The number of piperidine rings is 1. The molecule has 4 unspecified atom stereocenters. The third kappa shape index (κ3) is 2.41. The van der Waals surface area contributed by atoms with Gasteiger partial charge in [0.05, 0.1) is 6.04 Å². The molecule has 1 aliphatic carbocycles. The molecule has 2 N–H and O–H groups in total. The third-order valence-electron chi connectivity index (χ3n) is 4.88. The Kier molecular flexibility index (Phi) is 3.59.